The van der Waals surface area contributed by atoms with Gasteiger partial charge in [0.25, 0.3) is 0 Å². The highest BCUT2D eigenvalue weighted by molar-refractivity contribution is 5.42. The number of ether oxygens (including phenoxy) is 1. The molecule has 0 amide bonds. The molecule has 0 atom stereocenters. The van der Waals surface area contributed by atoms with Gasteiger partial charge >= 0.3 is 0 Å². The highest BCUT2D eigenvalue weighted by atomic mass is 16.5. The topological polar surface area (TPSA) is 64.3 Å². The molecule has 1 aromatic heterocycles. The van der Waals surface area contributed by atoms with Gasteiger partial charge in [-0.1, -0.05) is 0 Å². The molecule has 0 radical (unpaired) electrons. The Bertz CT molecular complexity index is 341. The average molecular weight is 224 g/mol. The van der Waals surface area contributed by atoms with Crippen molar-refractivity contribution >= 4 is 5.82 Å². The van der Waals surface area contributed by atoms with Gasteiger partial charge in [-0.3, -0.25) is 0 Å². The Labute approximate surface area is 96.6 Å². The molecule has 0 fully saturated rings. The van der Waals surface area contributed by atoms with Crippen LogP contribution in [-0.4, -0.2) is 35.7 Å². The van der Waals surface area contributed by atoms with Crippen LogP contribution in [0.25, 0.3) is 0 Å². The van der Waals surface area contributed by atoms with Gasteiger partial charge in [0.05, 0.1) is 6.61 Å². The second-order valence-electron chi connectivity index (χ2n) is 4.22. The Balaban J connectivity index is 2.91. The fourth-order valence-electron chi connectivity index (χ4n) is 1.19. The fraction of sp³-hybridized carbons (Fsp3) is 0.636. The highest BCUT2D eigenvalue weighted by Gasteiger charge is 2.23. The van der Waals surface area contributed by atoms with Crippen LogP contribution < -0.4 is 15.4 Å². The third kappa shape index (κ3) is 2.82. The maximum Gasteiger partial charge on any atom is 0.218 e. The fourth-order valence-corrected chi connectivity index (χ4v) is 1.19. The lowest BCUT2D eigenvalue weighted by Gasteiger charge is -2.35. The SMILES string of the molecule is CCOc1cc(N(C)C(C)(C)CN)ncn1. The molecule has 0 aliphatic heterocycles. The molecule has 5 heteroatoms. The van der Waals surface area contributed by atoms with Crippen LogP contribution in [0.4, 0.5) is 5.82 Å². The predicted octanol–water partition coefficient (Wildman–Crippen LogP) is 1.05. The first-order chi connectivity index (χ1) is 7.51. The van der Waals surface area contributed by atoms with Crippen LogP contribution >= 0.6 is 0 Å². The van der Waals surface area contributed by atoms with E-state index in [1.165, 1.54) is 6.33 Å². The van der Waals surface area contributed by atoms with Gasteiger partial charge in [0.1, 0.15) is 12.1 Å². The summed E-state index contributed by atoms with van der Waals surface area (Å²) >= 11 is 0. The number of aromatic nitrogens is 2. The molecule has 0 spiro atoms. The zero-order valence-corrected chi connectivity index (χ0v) is 10.4. The number of rotatable bonds is 5. The summed E-state index contributed by atoms with van der Waals surface area (Å²) in [5.41, 5.74) is 5.58. The monoisotopic (exact) mass is 224 g/mol. The summed E-state index contributed by atoms with van der Waals surface area (Å²) in [6.07, 6.45) is 1.50. The van der Waals surface area contributed by atoms with Gasteiger partial charge in [-0.05, 0) is 20.8 Å². The van der Waals surface area contributed by atoms with E-state index in [0.29, 0.717) is 19.0 Å². The largest absolute Gasteiger partial charge is 0.478 e. The number of likely N-dealkylation sites (N-methyl/N-ethyl adjacent to an activating group) is 1. The first-order valence-corrected chi connectivity index (χ1v) is 5.40. The van der Waals surface area contributed by atoms with E-state index in [1.807, 2.05) is 24.9 Å². The molecule has 0 aromatic carbocycles. The first kappa shape index (κ1) is 12.7. The third-order valence-electron chi connectivity index (χ3n) is 2.67. The second-order valence-corrected chi connectivity index (χ2v) is 4.22. The summed E-state index contributed by atoms with van der Waals surface area (Å²) in [4.78, 5) is 10.3. The van der Waals surface area contributed by atoms with Gasteiger partial charge in [-0.2, -0.15) is 0 Å². The van der Waals surface area contributed by atoms with E-state index in [9.17, 15) is 0 Å². The summed E-state index contributed by atoms with van der Waals surface area (Å²) in [6.45, 7) is 7.21. The quantitative estimate of drug-likeness (QED) is 0.810. The van der Waals surface area contributed by atoms with Crippen molar-refractivity contribution in [1.29, 1.82) is 0 Å². The standard InChI is InChI=1S/C11H20N4O/c1-5-16-10-6-9(13-8-14-10)15(4)11(2,3)7-12/h6,8H,5,7,12H2,1-4H3. The highest BCUT2D eigenvalue weighted by Crippen LogP contribution is 2.21. The number of nitrogens with zero attached hydrogens (tertiary/aromatic N) is 3. The van der Waals surface area contributed by atoms with Gasteiger partial charge in [0.15, 0.2) is 0 Å². The van der Waals surface area contributed by atoms with Gasteiger partial charge < -0.3 is 15.4 Å². The molecule has 0 unspecified atom stereocenters. The summed E-state index contributed by atoms with van der Waals surface area (Å²) in [5.74, 6) is 1.40. The maximum atomic E-state index is 5.72. The van der Waals surface area contributed by atoms with Crippen LogP contribution in [0.5, 0.6) is 5.88 Å². The molecule has 1 rings (SSSR count). The van der Waals surface area contributed by atoms with Crippen molar-refractivity contribution in [3.63, 3.8) is 0 Å². The van der Waals surface area contributed by atoms with Crippen LogP contribution in [-0.2, 0) is 0 Å². The minimum Gasteiger partial charge on any atom is -0.478 e. The lowest BCUT2D eigenvalue weighted by molar-refractivity contribution is 0.326. The van der Waals surface area contributed by atoms with E-state index in [4.69, 9.17) is 10.5 Å². The smallest absolute Gasteiger partial charge is 0.218 e. The minimum absolute atomic E-state index is 0.141. The van der Waals surface area contributed by atoms with Gasteiger partial charge in [-0.25, -0.2) is 9.97 Å². The van der Waals surface area contributed by atoms with E-state index >= 15 is 0 Å². The van der Waals surface area contributed by atoms with Crippen LogP contribution in [0.3, 0.4) is 0 Å². The molecule has 0 bridgehead atoms. The molecule has 1 heterocycles. The molecule has 2 N–H and O–H groups in total. The molecular weight excluding hydrogens is 204 g/mol. The molecule has 0 saturated heterocycles. The van der Waals surface area contributed by atoms with Crippen molar-refractivity contribution in [2.75, 3.05) is 25.1 Å². The van der Waals surface area contributed by atoms with Crippen LogP contribution in [0.15, 0.2) is 12.4 Å². The van der Waals surface area contributed by atoms with Crippen molar-refractivity contribution in [2.24, 2.45) is 5.73 Å². The van der Waals surface area contributed by atoms with E-state index in [-0.39, 0.29) is 5.54 Å². The van der Waals surface area contributed by atoms with E-state index < -0.39 is 0 Å². The Hall–Kier alpha value is -1.36. The zero-order chi connectivity index (χ0) is 12.2. The summed E-state index contributed by atoms with van der Waals surface area (Å²) in [7, 11) is 1.96. The molecule has 90 valence electrons. The number of hydrogen-bond acceptors (Lipinski definition) is 5. The zero-order valence-electron chi connectivity index (χ0n) is 10.4. The molecular formula is C11H20N4O. The molecule has 0 aliphatic carbocycles. The summed E-state index contributed by atoms with van der Waals surface area (Å²) in [5, 5.41) is 0. The van der Waals surface area contributed by atoms with Crippen LogP contribution in [0.1, 0.15) is 20.8 Å². The van der Waals surface area contributed by atoms with E-state index in [0.717, 1.165) is 5.82 Å². The molecule has 1 aromatic rings. The summed E-state index contributed by atoms with van der Waals surface area (Å²) in [6, 6.07) is 1.82. The Morgan fingerprint density at radius 1 is 1.44 bits per heavy atom. The minimum atomic E-state index is -0.141. The number of hydrogen-bond donors (Lipinski definition) is 1. The maximum absolute atomic E-state index is 5.72. The summed E-state index contributed by atoms with van der Waals surface area (Å²) < 4.78 is 5.33. The second kappa shape index (κ2) is 5.12. The predicted molar refractivity (Wildman–Crippen MR) is 64.7 cm³/mol. The third-order valence-corrected chi connectivity index (χ3v) is 2.67. The average Bonchev–Trinajstić information content (AvgIpc) is 2.29. The first-order valence-electron chi connectivity index (χ1n) is 5.40. The Morgan fingerprint density at radius 3 is 2.69 bits per heavy atom. The molecule has 16 heavy (non-hydrogen) atoms. The van der Waals surface area contributed by atoms with Crippen LogP contribution in [0, 0.1) is 0 Å². The van der Waals surface area contributed by atoms with Crippen molar-refractivity contribution in [1.82, 2.24) is 9.97 Å². The Morgan fingerprint density at radius 2 is 2.12 bits per heavy atom. The van der Waals surface area contributed by atoms with Crippen molar-refractivity contribution in [3.05, 3.63) is 12.4 Å². The van der Waals surface area contributed by atoms with Crippen molar-refractivity contribution in [2.45, 2.75) is 26.3 Å². The van der Waals surface area contributed by atoms with Crippen molar-refractivity contribution in [3.8, 4) is 5.88 Å². The van der Waals surface area contributed by atoms with Crippen molar-refractivity contribution < 1.29 is 4.74 Å². The molecule has 0 saturated carbocycles. The lowest BCUT2D eigenvalue weighted by Crippen LogP contribution is -2.47. The molecule has 5 nitrogen and oxygen atoms in total. The Kier molecular flexibility index (Phi) is 4.06. The number of anilines is 1. The van der Waals surface area contributed by atoms with Gasteiger partial charge in [0.2, 0.25) is 5.88 Å². The van der Waals surface area contributed by atoms with E-state index in [2.05, 4.69) is 23.8 Å². The molecule has 0 aliphatic rings. The van der Waals surface area contributed by atoms with E-state index in [1.54, 1.807) is 0 Å². The van der Waals surface area contributed by atoms with Gasteiger partial charge in [0, 0.05) is 25.2 Å². The van der Waals surface area contributed by atoms with Crippen LogP contribution in [0.2, 0.25) is 0 Å². The number of nitrogens with two attached hydrogens (primary N) is 1. The van der Waals surface area contributed by atoms with Gasteiger partial charge in [-0.15, -0.1) is 0 Å². The lowest BCUT2D eigenvalue weighted by atomic mass is 10.0. The normalized spacial score (nSPS) is 11.3.